The van der Waals surface area contributed by atoms with Crippen molar-refractivity contribution in [3.05, 3.63) is 71.5 Å². The fourth-order valence-electron chi connectivity index (χ4n) is 4.68. The lowest BCUT2D eigenvalue weighted by Crippen LogP contribution is -2.54. The highest BCUT2D eigenvalue weighted by Crippen LogP contribution is 2.32. The molecule has 2 aromatic carbocycles. The average molecular weight is 547 g/mol. The van der Waals surface area contributed by atoms with Gasteiger partial charge in [-0.1, -0.05) is 74.0 Å². The minimum absolute atomic E-state index is 0.0542. The van der Waals surface area contributed by atoms with Crippen LogP contribution in [-0.2, 0) is 32.1 Å². The normalized spacial score (nSPS) is 16.4. The molecule has 210 valence electrons. The van der Waals surface area contributed by atoms with E-state index in [9.17, 15) is 19.2 Å². The third-order valence-corrected chi connectivity index (χ3v) is 7.26. The van der Waals surface area contributed by atoms with Gasteiger partial charge < -0.3 is 16.0 Å². The van der Waals surface area contributed by atoms with E-state index in [2.05, 4.69) is 36.6 Å². The molecular weight excluding hydrogens is 512 g/mol. The molecule has 12 nitrogen and oxygen atoms in total. The lowest BCUT2D eigenvalue weighted by atomic mass is 9.95. The molecule has 0 unspecified atom stereocenters. The van der Waals surface area contributed by atoms with Gasteiger partial charge in [0.05, 0.1) is 19.0 Å². The van der Waals surface area contributed by atoms with Gasteiger partial charge in [0, 0.05) is 12.1 Å². The van der Waals surface area contributed by atoms with Gasteiger partial charge in [0.2, 0.25) is 23.6 Å². The number of aromatic nitrogens is 4. The lowest BCUT2D eigenvalue weighted by molar-refractivity contribution is -0.132. The molecule has 4 amide bonds. The van der Waals surface area contributed by atoms with Gasteiger partial charge in [-0.25, -0.2) is 0 Å². The van der Waals surface area contributed by atoms with Crippen molar-refractivity contribution < 1.29 is 19.2 Å². The first kappa shape index (κ1) is 28.4. The molecule has 4 N–H and O–H groups in total. The third-order valence-electron chi connectivity index (χ3n) is 7.26. The largest absolute Gasteiger partial charge is 0.347 e. The average Bonchev–Trinajstić information content (AvgIpc) is 3.65. The number of anilines is 1. The summed E-state index contributed by atoms with van der Waals surface area (Å²) in [5.74, 6) is -1.85. The van der Waals surface area contributed by atoms with Crippen LogP contribution in [0.4, 0.5) is 5.69 Å². The highest BCUT2D eigenvalue weighted by molar-refractivity contribution is 6.05. The molecule has 0 saturated heterocycles. The quantitative estimate of drug-likeness (QED) is 0.281. The van der Waals surface area contributed by atoms with Crippen LogP contribution in [0.25, 0.3) is 0 Å². The number of nitrogens with one attached hydrogen (secondary N) is 4. The van der Waals surface area contributed by atoms with Crippen molar-refractivity contribution in [1.82, 2.24) is 36.6 Å². The predicted octanol–water partition coefficient (Wildman–Crippen LogP) is 1.22. The topological polar surface area (TPSA) is 162 Å². The Morgan fingerprint density at radius 2 is 1.73 bits per heavy atom. The van der Waals surface area contributed by atoms with E-state index in [1.165, 1.54) is 4.90 Å². The minimum atomic E-state index is -0.823. The molecule has 40 heavy (non-hydrogen) atoms. The van der Waals surface area contributed by atoms with Crippen LogP contribution in [0.2, 0.25) is 0 Å². The number of nitrogens with zero attached hydrogens (tertiary/aromatic N) is 4. The number of rotatable bonds is 11. The first-order chi connectivity index (χ1) is 19.3. The summed E-state index contributed by atoms with van der Waals surface area (Å²) in [6, 6.07) is 15.0. The van der Waals surface area contributed by atoms with Crippen LogP contribution in [0.1, 0.15) is 50.1 Å². The summed E-state index contributed by atoms with van der Waals surface area (Å²) in [6.45, 7) is 5.31. The first-order valence-electron chi connectivity index (χ1n) is 13.3. The van der Waals surface area contributed by atoms with Crippen molar-refractivity contribution in [2.24, 2.45) is 5.92 Å². The zero-order valence-electron chi connectivity index (χ0n) is 22.8. The molecule has 4 rings (SSSR count). The summed E-state index contributed by atoms with van der Waals surface area (Å²) in [5, 5.41) is 21.8. The molecule has 1 aliphatic heterocycles. The van der Waals surface area contributed by atoms with Crippen molar-refractivity contribution in [2.75, 3.05) is 11.4 Å². The summed E-state index contributed by atoms with van der Waals surface area (Å²) in [4.78, 5) is 54.2. The van der Waals surface area contributed by atoms with E-state index in [4.69, 9.17) is 0 Å². The number of H-pyrrole nitrogens is 1. The monoisotopic (exact) mass is 546 g/mol. The number of carbonyl (C=O) groups excluding carboxylic acids is 4. The number of carbonyl (C=O) groups is 4. The Balaban J connectivity index is 1.42. The molecule has 2 heterocycles. The number of hydrogen-bond acceptors (Lipinski definition) is 7. The first-order valence-corrected chi connectivity index (χ1v) is 13.3. The lowest BCUT2D eigenvalue weighted by Gasteiger charge is -2.27. The zero-order valence-corrected chi connectivity index (χ0v) is 22.8. The van der Waals surface area contributed by atoms with Crippen LogP contribution in [0.3, 0.4) is 0 Å². The second-order valence-corrected chi connectivity index (χ2v) is 9.88. The summed E-state index contributed by atoms with van der Waals surface area (Å²) < 4.78 is 0. The maximum Gasteiger partial charge on any atom is 0.247 e. The van der Waals surface area contributed by atoms with Gasteiger partial charge in [-0.2, -0.15) is 5.21 Å². The molecule has 0 radical (unpaired) electrons. The van der Waals surface area contributed by atoms with Crippen molar-refractivity contribution >= 4 is 29.3 Å². The maximum atomic E-state index is 13.4. The molecule has 1 aromatic heterocycles. The summed E-state index contributed by atoms with van der Waals surface area (Å²) >= 11 is 0. The van der Waals surface area contributed by atoms with E-state index in [1.54, 1.807) is 19.1 Å². The van der Waals surface area contributed by atoms with E-state index in [0.717, 1.165) is 11.1 Å². The molecule has 0 saturated carbocycles. The smallest absolute Gasteiger partial charge is 0.247 e. The predicted molar refractivity (Wildman–Crippen MR) is 147 cm³/mol. The van der Waals surface area contributed by atoms with E-state index in [0.29, 0.717) is 24.4 Å². The van der Waals surface area contributed by atoms with Crippen LogP contribution >= 0.6 is 0 Å². The van der Waals surface area contributed by atoms with E-state index < -0.39 is 29.8 Å². The standard InChI is InChI=1S/C28H34N8O4/c1-4-17(2)25(31-26(38)18(3)19-10-6-5-7-11-19)28(40)30-16-24(37)36-21-13-9-8-12-20(21)14-22(36)27(39)29-15-23-32-34-35-33-23/h5-13,17-18,22,25H,4,14-16H2,1-3H3,(H,29,39)(H,30,40)(H,31,38)(H,32,33,34,35)/t17-,18-,22-,25-/m0/s1. The van der Waals surface area contributed by atoms with E-state index in [1.807, 2.05) is 56.3 Å². The van der Waals surface area contributed by atoms with Gasteiger partial charge in [-0.3, -0.25) is 24.1 Å². The summed E-state index contributed by atoms with van der Waals surface area (Å²) in [5.41, 5.74) is 2.31. The highest BCUT2D eigenvalue weighted by atomic mass is 16.2. The number of aromatic amines is 1. The molecule has 3 aromatic rings. The van der Waals surface area contributed by atoms with Crippen LogP contribution in [0, 0.1) is 5.92 Å². The van der Waals surface area contributed by atoms with Crippen LogP contribution in [0.15, 0.2) is 54.6 Å². The Labute approximate surface area is 232 Å². The Hall–Kier alpha value is -4.61. The van der Waals surface area contributed by atoms with Crippen molar-refractivity contribution in [3.8, 4) is 0 Å². The maximum absolute atomic E-state index is 13.4. The molecule has 4 atom stereocenters. The highest BCUT2D eigenvalue weighted by Gasteiger charge is 2.38. The second-order valence-electron chi connectivity index (χ2n) is 9.88. The minimum Gasteiger partial charge on any atom is -0.347 e. The van der Waals surface area contributed by atoms with Crippen molar-refractivity contribution in [3.63, 3.8) is 0 Å². The van der Waals surface area contributed by atoms with Crippen LogP contribution < -0.4 is 20.9 Å². The molecule has 0 aliphatic carbocycles. The van der Waals surface area contributed by atoms with Gasteiger partial charge in [-0.05, 0) is 30.0 Å². The number of tetrazole rings is 1. The second kappa shape index (κ2) is 13.0. The Kier molecular flexibility index (Phi) is 9.20. The molecule has 0 spiro atoms. The van der Waals surface area contributed by atoms with Crippen LogP contribution in [0.5, 0.6) is 0 Å². The fraction of sp³-hybridized carbons (Fsp3) is 0.393. The van der Waals surface area contributed by atoms with Gasteiger partial charge in [0.25, 0.3) is 0 Å². The molecule has 12 heteroatoms. The van der Waals surface area contributed by atoms with Gasteiger partial charge >= 0.3 is 0 Å². The summed E-state index contributed by atoms with van der Waals surface area (Å²) in [6.07, 6.45) is 0.977. The zero-order chi connectivity index (χ0) is 28.6. The fourth-order valence-corrected chi connectivity index (χ4v) is 4.68. The van der Waals surface area contributed by atoms with Gasteiger partial charge in [0.15, 0.2) is 5.82 Å². The number of hydrogen-bond donors (Lipinski definition) is 4. The molecule has 1 aliphatic rings. The van der Waals surface area contributed by atoms with Gasteiger partial charge in [0.1, 0.15) is 12.1 Å². The molecular formula is C28H34N8O4. The summed E-state index contributed by atoms with van der Waals surface area (Å²) in [7, 11) is 0. The van der Waals surface area contributed by atoms with E-state index in [-0.39, 0.29) is 30.8 Å². The van der Waals surface area contributed by atoms with Crippen molar-refractivity contribution in [2.45, 2.75) is 58.2 Å². The Morgan fingerprint density at radius 3 is 2.42 bits per heavy atom. The van der Waals surface area contributed by atoms with Gasteiger partial charge in [-0.15, -0.1) is 10.2 Å². The SMILES string of the molecule is CC[C@H](C)[C@H](NC(=O)[C@@H](C)c1ccccc1)C(=O)NCC(=O)N1c2ccccc2C[C@H]1C(=O)NCc1nn[nH]n1. The Bertz CT molecular complexity index is 1330. The molecule has 0 fully saturated rings. The number of benzene rings is 2. The molecule has 0 bridgehead atoms. The third kappa shape index (κ3) is 6.50. The number of para-hydroxylation sites is 1. The van der Waals surface area contributed by atoms with E-state index >= 15 is 0 Å². The van der Waals surface area contributed by atoms with Crippen LogP contribution in [-0.4, -0.2) is 62.9 Å². The van der Waals surface area contributed by atoms with Crippen molar-refractivity contribution in [1.29, 1.82) is 0 Å². The number of amides is 4. The Morgan fingerprint density at radius 1 is 1.00 bits per heavy atom. The number of fused-ring (bicyclic) bond motifs is 1.